The molecule has 0 aliphatic heterocycles. The van der Waals surface area contributed by atoms with Crippen molar-refractivity contribution in [3.05, 3.63) is 29.8 Å². The average Bonchev–Trinajstić information content (AvgIpc) is 2.35. The number of primary amides is 1. The molecule has 0 bridgehead atoms. The third kappa shape index (κ3) is 5.52. The smallest absolute Gasteiger partial charge is 0.323 e. The van der Waals surface area contributed by atoms with Crippen molar-refractivity contribution >= 4 is 17.8 Å². The minimum Gasteiger partial charge on any atom is -0.481 e. The van der Waals surface area contributed by atoms with Crippen LogP contribution in [0.1, 0.15) is 12.5 Å². The molecule has 7 nitrogen and oxygen atoms in total. The van der Waals surface area contributed by atoms with Crippen LogP contribution in [0, 0.1) is 6.92 Å². The first kappa shape index (κ1) is 16.5. The number of hydrogen-bond acceptors (Lipinski definition) is 4. The van der Waals surface area contributed by atoms with Gasteiger partial charge in [-0.3, -0.25) is 14.4 Å². The number of ether oxygens (including phenoxy) is 1. The fourth-order valence-corrected chi connectivity index (χ4v) is 1.76. The van der Waals surface area contributed by atoms with Crippen LogP contribution in [0.5, 0.6) is 5.75 Å². The van der Waals surface area contributed by atoms with Crippen molar-refractivity contribution in [3.8, 4) is 5.75 Å². The zero-order chi connectivity index (χ0) is 16.0. The summed E-state index contributed by atoms with van der Waals surface area (Å²) < 4.78 is 5.46. The van der Waals surface area contributed by atoms with Crippen molar-refractivity contribution in [2.45, 2.75) is 20.0 Å². The van der Waals surface area contributed by atoms with E-state index in [0.29, 0.717) is 5.75 Å². The summed E-state index contributed by atoms with van der Waals surface area (Å²) >= 11 is 0. The van der Waals surface area contributed by atoms with Gasteiger partial charge in [-0.15, -0.1) is 0 Å². The molecule has 21 heavy (non-hydrogen) atoms. The van der Waals surface area contributed by atoms with Gasteiger partial charge in [0.1, 0.15) is 18.8 Å². The highest BCUT2D eigenvalue weighted by Crippen LogP contribution is 2.15. The fraction of sp³-hybridized carbons (Fsp3) is 0.357. The number of aryl methyl sites for hydroxylation is 1. The number of rotatable bonds is 7. The van der Waals surface area contributed by atoms with Gasteiger partial charge in [0.05, 0.1) is 0 Å². The number of aliphatic carboxylic acids is 1. The minimum atomic E-state index is -1.23. The zero-order valence-corrected chi connectivity index (χ0v) is 11.9. The Bertz CT molecular complexity index is 528. The van der Waals surface area contributed by atoms with Crippen LogP contribution in [0.4, 0.5) is 0 Å². The quantitative estimate of drug-likeness (QED) is 0.744. The van der Waals surface area contributed by atoms with Gasteiger partial charge in [0, 0.05) is 0 Å². The molecule has 7 heteroatoms. The normalized spacial score (nSPS) is 11.5. The molecule has 1 aromatic carbocycles. The lowest BCUT2D eigenvalue weighted by Crippen LogP contribution is -2.46. The van der Waals surface area contributed by atoms with Crippen LogP contribution in [0.25, 0.3) is 0 Å². The molecule has 1 aromatic rings. The van der Waals surface area contributed by atoms with Gasteiger partial charge in [-0.05, 0) is 31.5 Å². The molecule has 0 saturated heterocycles. The lowest BCUT2D eigenvalue weighted by Gasteiger charge is -2.23. The molecule has 0 radical (unpaired) electrons. The maximum Gasteiger partial charge on any atom is 0.323 e. The average molecular weight is 294 g/mol. The molecule has 0 spiro atoms. The molecular weight excluding hydrogens is 276 g/mol. The van der Waals surface area contributed by atoms with E-state index in [1.54, 1.807) is 18.2 Å². The number of benzene rings is 1. The van der Waals surface area contributed by atoms with Gasteiger partial charge in [-0.2, -0.15) is 0 Å². The zero-order valence-electron chi connectivity index (χ0n) is 11.9. The summed E-state index contributed by atoms with van der Waals surface area (Å²) in [6, 6.07) is 7.09. The van der Waals surface area contributed by atoms with E-state index in [1.807, 2.05) is 13.0 Å². The highest BCUT2D eigenvalue weighted by Gasteiger charge is 2.25. The Kier molecular flexibility index (Phi) is 5.71. The largest absolute Gasteiger partial charge is 0.481 e. The predicted octanol–water partition coefficient (Wildman–Crippen LogP) is 0.161. The Morgan fingerprint density at radius 3 is 2.52 bits per heavy atom. The number of carboxylic acid groups (broad SMARTS) is 1. The Morgan fingerprint density at radius 1 is 1.33 bits per heavy atom. The number of nitrogens with zero attached hydrogens (tertiary/aromatic N) is 1. The van der Waals surface area contributed by atoms with E-state index in [-0.39, 0.29) is 0 Å². The van der Waals surface area contributed by atoms with Gasteiger partial charge >= 0.3 is 5.97 Å². The lowest BCUT2D eigenvalue weighted by atomic mass is 10.2. The predicted molar refractivity (Wildman–Crippen MR) is 74.7 cm³/mol. The fourth-order valence-electron chi connectivity index (χ4n) is 1.76. The summed E-state index contributed by atoms with van der Waals surface area (Å²) in [5.74, 6) is -2.14. The van der Waals surface area contributed by atoms with Crippen LogP contribution >= 0.6 is 0 Å². The van der Waals surface area contributed by atoms with Gasteiger partial charge < -0.3 is 20.5 Å². The van der Waals surface area contributed by atoms with Crippen molar-refractivity contribution in [2.24, 2.45) is 5.73 Å². The van der Waals surface area contributed by atoms with Crippen LogP contribution in [0.2, 0.25) is 0 Å². The summed E-state index contributed by atoms with van der Waals surface area (Å²) in [4.78, 5) is 34.6. The van der Waals surface area contributed by atoms with E-state index in [1.165, 1.54) is 6.92 Å². The molecule has 0 heterocycles. The standard InChI is InChI=1S/C14H18N2O5/c1-9-4-3-5-11(6-9)21-10(2)14(20)16(7-12(15)17)8-13(18)19/h3-6,10H,7-8H2,1-2H3,(H2,15,17)(H,18,19). The molecule has 2 amide bonds. The molecule has 3 N–H and O–H groups in total. The third-order valence-corrected chi connectivity index (χ3v) is 2.63. The van der Waals surface area contributed by atoms with Crippen molar-refractivity contribution < 1.29 is 24.2 Å². The number of nitrogens with two attached hydrogens (primary N) is 1. The molecule has 114 valence electrons. The second-order valence-corrected chi connectivity index (χ2v) is 4.63. The van der Waals surface area contributed by atoms with Gasteiger partial charge in [-0.1, -0.05) is 12.1 Å². The van der Waals surface area contributed by atoms with E-state index in [9.17, 15) is 14.4 Å². The first-order chi connectivity index (χ1) is 9.79. The summed E-state index contributed by atoms with van der Waals surface area (Å²) in [6.45, 7) is 2.29. The maximum absolute atomic E-state index is 12.1. The molecule has 1 atom stereocenters. The SMILES string of the molecule is Cc1cccc(OC(C)C(=O)N(CC(N)=O)CC(=O)O)c1. The van der Waals surface area contributed by atoms with Crippen LogP contribution in [0.15, 0.2) is 24.3 Å². The van der Waals surface area contributed by atoms with Crippen LogP contribution in [-0.2, 0) is 14.4 Å². The molecule has 0 aliphatic rings. The second kappa shape index (κ2) is 7.28. The topological polar surface area (TPSA) is 110 Å². The molecule has 1 rings (SSSR count). The lowest BCUT2D eigenvalue weighted by molar-refractivity contribution is -0.148. The molecule has 0 fully saturated rings. The number of carbonyl (C=O) groups excluding carboxylic acids is 2. The molecule has 0 aliphatic carbocycles. The van der Waals surface area contributed by atoms with Gasteiger partial charge in [0.25, 0.3) is 5.91 Å². The monoisotopic (exact) mass is 294 g/mol. The highest BCUT2D eigenvalue weighted by molar-refractivity contribution is 5.89. The molecule has 0 aromatic heterocycles. The second-order valence-electron chi connectivity index (χ2n) is 4.63. The Balaban J connectivity index is 2.77. The van der Waals surface area contributed by atoms with Crippen LogP contribution in [-0.4, -0.2) is 47.0 Å². The van der Waals surface area contributed by atoms with Gasteiger partial charge in [-0.25, -0.2) is 0 Å². The van der Waals surface area contributed by atoms with Gasteiger partial charge in [0.15, 0.2) is 6.10 Å². The van der Waals surface area contributed by atoms with Crippen LogP contribution < -0.4 is 10.5 Å². The number of carbonyl (C=O) groups is 3. The van der Waals surface area contributed by atoms with Crippen molar-refractivity contribution in [2.75, 3.05) is 13.1 Å². The Hall–Kier alpha value is -2.57. The number of amides is 2. The Morgan fingerprint density at radius 2 is 2.00 bits per heavy atom. The molecule has 1 unspecified atom stereocenters. The summed E-state index contributed by atoms with van der Waals surface area (Å²) in [5, 5.41) is 8.77. The maximum atomic E-state index is 12.1. The van der Waals surface area contributed by atoms with Crippen molar-refractivity contribution in [1.82, 2.24) is 4.90 Å². The number of carboxylic acids is 1. The van der Waals surface area contributed by atoms with Crippen molar-refractivity contribution in [1.29, 1.82) is 0 Å². The van der Waals surface area contributed by atoms with Gasteiger partial charge in [0.2, 0.25) is 5.91 Å². The summed E-state index contributed by atoms with van der Waals surface area (Å²) in [5.41, 5.74) is 5.98. The summed E-state index contributed by atoms with van der Waals surface area (Å²) in [7, 11) is 0. The van der Waals surface area contributed by atoms with E-state index in [2.05, 4.69) is 0 Å². The number of hydrogen-bond donors (Lipinski definition) is 2. The van der Waals surface area contributed by atoms with E-state index >= 15 is 0 Å². The van der Waals surface area contributed by atoms with E-state index in [0.717, 1.165) is 10.5 Å². The minimum absolute atomic E-state index is 0.466. The van der Waals surface area contributed by atoms with E-state index < -0.39 is 37.0 Å². The molecule has 0 saturated carbocycles. The van der Waals surface area contributed by atoms with E-state index in [4.69, 9.17) is 15.6 Å². The first-order valence-electron chi connectivity index (χ1n) is 6.32. The highest BCUT2D eigenvalue weighted by atomic mass is 16.5. The molecular formula is C14H18N2O5. The van der Waals surface area contributed by atoms with Crippen molar-refractivity contribution in [3.63, 3.8) is 0 Å². The van der Waals surface area contributed by atoms with Crippen LogP contribution in [0.3, 0.4) is 0 Å². The first-order valence-corrected chi connectivity index (χ1v) is 6.32. The Labute approximate surface area is 122 Å². The third-order valence-electron chi connectivity index (χ3n) is 2.63. The summed E-state index contributed by atoms with van der Waals surface area (Å²) in [6.07, 6.45) is -0.925.